The highest BCUT2D eigenvalue weighted by atomic mass is 16.4. The Morgan fingerprint density at radius 3 is 3.00 bits per heavy atom. The number of carbonyl (C=O) groups is 1. The lowest BCUT2D eigenvalue weighted by Gasteiger charge is -2.05. The summed E-state index contributed by atoms with van der Waals surface area (Å²) in [6.45, 7) is 0.258. The van der Waals surface area contributed by atoms with Gasteiger partial charge in [0.25, 0.3) is 5.91 Å². The van der Waals surface area contributed by atoms with E-state index in [0.717, 1.165) is 5.56 Å². The molecule has 0 aliphatic heterocycles. The van der Waals surface area contributed by atoms with E-state index < -0.39 is 5.76 Å². The van der Waals surface area contributed by atoms with Gasteiger partial charge in [-0.25, -0.2) is 15.6 Å². The van der Waals surface area contributed by atoms with Crippen LogP contribution in [0.2, 0.25) is 0 Å². The third-order valence-electron chi connectivity index (χ3n) is 3.09. The number of fused-ring (bicyclic) bond motifs is 1. The molecule has 3 rings (SSSR count). The maximum atomic E-state index is 11.9. The molecule has 21 heavy (non-hydrogen) atoms. The molecule has 1 aromatic carbocycles. The van der Waals surface area contributed by atoms with Gasteiger partial charge >= 0.3 is 5.76 Å². The lowest BCUT2D eigenvalue weighted by Crippen LogP contribution is -2.30. The van der Waals surface area contributed by atoms with Gasteiger partial charge in [0.2, 0.25) is 0 Å². The summed E-state index contributed by atoms with van der Waals surface area (Å²) in [7, 11) is 0. The van der Waals surface area contributed by atoms with Crippen LogP contribution in [0.25, 0.3) is 11.2 Å². The van der Waals surface area contributed by atoms with E-state index >= 15 is 0 Å². The first-order valence-corrected chi connectivity index (χ1v) is 6.23. The third kappa shape index (κ3) is 2.41. The number of hydrogen-bond acceptors (Lipinski definition) is 5. The molecule has 7 nitrogen and oxygen atoms in total. The number of nitrogens with one attached hydrogen (secondary N) is 1. The first-order valence-electron chi connectivity index (χ1n) is 6.23. The summed E-state index contributed by atoms with van der Waals surface area (Å²) in [4.78, 5) is 27.5. The van der Waals surface area contributed by atoms with E-state index in [1.165, 1.54) is 4.57 Å². The number of aromatic nitrogens is 2. The minimum absolute atomic E-state index is 0.258. The summed E-state index contributed by atoms with van der Waals surface area (Å²) in [6.07, 6.45) is 1.59. The summed E-state index contributed by atoms with van der Waals surface area (Å²) >= 11 is 0. The van der Waals surface area contributed by atoms with Gasteiger partial charge in [0.15, 0.2) is 11.2 Å². The Morgan fingerprint density at radius 2 is 2.19 bits per heavy atom. The molecule has 0 unspecified atom stereocenters. The number of nitrogens with zero attached hydrogens (tertiary/aromatic N) is 2. The van der Waals surface area contributed by atoms with Crippen molar-refractivity contribution in [3.05, 3.63) is 64.3 Å². The van der Waals surface area contributed by atoms with Gasteiger partial charge in [0.05, 0.1) is 6.54 Å². The van der Waals surface area contributed by atoms with Crippen LogP contribution in [-0.4, -0.2) is 15.5 Å². The Hall–Kier alpha value is -2.93. The highest BCUT2D eigenvalue weighted by Crippen LogP contribution is 2.12. The van der Waals surface area contributed by atoms with Crippen LogP contribution in [0.4, 0.5) is 0 Å². The maximum absolute atomic E-state index is 11.9. The molecule has 0 bridgehead atoms. The molecule has 0 aliphatic carbocycles. The highest BCUT2D eigenvalue weighted by molar-refractivity contribution is 5.93. The van der Waals surface area contributed by atoms with Crippen LogP contribution < -0.4 is 17.0 Å². The van der Waals surface area contributed by atoms with E-state index in [1.807, 2.05) is 6.07 Å². The predicted molar refractivity (Wildman–Crippen MR) is 75.5 cm³/mol. The number of benzene rings is 1. The predicted octanol–water partition coefficient (Wildman–Crippen LogP) is 0.641. The molecule has 0 saturated carbocycles. The van der Waals surface area contributed by atoms with Gasteiger partial charge < -0.3 is 4.42 Å². The quantitative estimate of drug-likeness (QED) is 0.417. The second kappa shape index (κ2) is 5.22. The molecule has 1 amide bonds. The van der Waals surface area contributed by atoms with Gasteiger partial charge in [-0.3, -0.25) is 14.8 Å². The van der Waals surface area contributed by atoms with Crippen LogP contribution in [0, 0.1) is 0 Å². The molecule has 0 saturated heterocycles. The molecule has 0 radical (unpaired) electrons. The van der Waals surface area contributed by atoms with Crippen molar-refractivity contribution >= 4 is 17.1 Å². The normalized spacial score (nSPS) is 10.7. The number of oxazole rings is 1. The van der Waals surface area contributed by atoms with Gasteiger partial charge in [-0.15, -0.1) is 0 Å². The van der Waals surface area contributed by atoms with Crippen LogP contribution >= 0.6 is 0 Å². The van der Waals surface area contributed by atoms with Gasteiger partial charge in [-0.1, -0.05) is 12.1 Å². The lowest BCUT2D eigenvalue weighted by molar-refractivity contribution is 0.0953. The Labute approximate surface area is 119 Å². The van der Waals surface area contributed by atoms with Crippen LogP contribution in [0.5, 0.6) is 0 Å². The second-order valence-electron chi connectivity index (χ2n) is 4.45. The molecular weight excluding hydrogens is 272 g/mol. The Kier molecular flexibility index (Phi) is 3.25. The molecule has 3 aromatic rings. The zero-order chi connectivity index (χ0) is 14.8. The third-order valence-corrected chi connectivity index (χ3v) is 3.09. The van der Waals surface area contributed by atoms with Crippen molar-refractivity contribution in [2.45, 2.75) is 6.54 Å². The molecule has 2 heterocycles. The number of rotatable bonds is 3. The smallest absolute Gasteiger partial charge is 0.406 e. The Bertz CT molecular complexity index is 866. The zero-order valence-electron chi connectivity index (χ0n) is 10.9. The zero-order valence-corrected chi connectivity index (χ0v) is 10.9. The topological polar surface area (TPSA) is 103 Å². The molecule has 0 spiro atoms. The molecule has 7 heteroatoms. The van der Waals surface area contributed by atoms with Crippen molar-refractivity contribution in [3.63, 3.8) is 0 Å². The monoisotopic (exact) mass is 284 g/mol. The fourth-order valence-electron chi connectivity index (χ4n) is 2.12. The molecule has 0 aliphatic rings. The number of nitrogen functional groups attached to an aromatic ring is 1. The summed E-state index contributed by atoms with van der Waals surface area (Å²) in [5, 5.41) is 0. The first-order chi connectivity index (χ1) is 10.2. The maximum Gasteiger partial charge on any atom is 0.421 e. The minimum Gasteiger partial charge on any atom is -0.406 e. The number of amides is 1. The van der Waals surface area contributed by atoms with Crippen molar-refractivity contribution < 1.29 is 9.21 Å². The average molecular weight is 284 g/mol. The van der Waals surface area contributed by atoms with E-state index in [0.29, 0.717) is 16.8 Å². The van der Waals surface area contributed by atoms with Gasteiger partial charge in [0.1, 0.15) is 0 Å². The number of nitrogens with two attached hydrogens (primary N) is 1. The lowest BCUT2D eigenvalue weighted by atomic mass is 10.1. The number of pyridine rings is 1. The second-order valence-corrected chi connectivity index (χ2v) is 4.45. The fourth-order valence-corrected chi connectivity index (χ4v) is 2.12. The van der Waals surface area contributed by atoms with Crippen molar-refractivity contribution in [1.82, 2.24) is 15.0 Å². The van der Waals surface area contributed by atoms with Gasteiger partial charge in [0, 0.05) is 11.8 Å². The molecule has 106 valence electrons. The van der Waals surface area contributed by atoms with Crippen molar-refractivity contribution in [2.24, 2.45) is 5.84 Å². The van der Waals surface area contributed by atoms with Crippen LogP contribution in [-0.2, 0) is 6.54 Å². The Balaban J connectivity index is 2.01. The standard InChI is InChI=1S/C14H12N4O3/c15-17-13(19)10-4-1-3-9(7-10)8-18-12-11(21-14(18)20)5-2-6-16-12/h1-7H,8,15H2,(H,17,19). The summed E-state index contributed by atoms with van der Waals surface area (Å²) in [5.74, 6) is 4.23. The van der Waals surface area contributed by atoms with Crippen LogP contribution in [0.3, 0.4) is 0 Å². The SMILES string of the molecule is NNC(=O)c1cccc(Cn2c(=O)oc3cccnc32)c1. The van der Waals surface area contributed by atoms with Crippen molar-refractivity contribution in [1.29, 1.82) is 0 Å². The average Bonchev–Trinajstić information content (AvgIpc) is 2.83. The Morgan fingerprint density at radius 1 is 1.33 bits per heavy atom. The molecule has 0 atom stereocenters. The summed E-state index contributed by atoms with van der Waals surface area (Å²) < 4.78 is 6.53. The van der Waals surface area contributed by atoms with E-state index in [1.54, 1.807) is 36.5 Å². The number of hydrogen-bond donors (Lipinski definition) is 2. The van der Waals surface area contributed by atoms with E-state index in [4.69, 9.17) is 10.3 Å². The number of carbonyl (C=O) groups excluding carboxylic acids is 1. The molecule has 2 aromatic heterocycles. The van der Waals surface area contributed by atoms with Gasteiger partial charge in [-0.05, 0) is 29.8 Å². The number of hydrazine groups is 1. The van der Waals surface area contributed by atoms with Crippen LogP contribution in [0.1, 0.15) is 15.9 Å². The highest BCUT2D eigenvalue weighted by Gasteiger charge is 2.11. The van der Waals surface area contributed by atoms with Crippen molar-refractivity contribution in [2.75, 3.05) is 0 Å². The first kappa shape index (κ1) is 13.1. The van der Waals surface area contributed by atoms with E-state index in [-0.39, 0.29) is 12.5 Å². The van der Waals surface area contributed by atoms with Crippen molar-refractivity contribution in [3.8, 4) is 0 Å². The molecule has 0 fully saturated rings. The summed E-state index contributed by atoms with van der Waals surface area (Å²) in [6, 6.07) is 10.2. The minimum atomic E-state index is -0.489. The van der Waals surface area contributed by atoms with Crippen LogP contribution in [0.15, 0.2) is 51.8 Å². The van der Waals surface area contributed by atoms with E-state index in [9.17, 15) is 9.59 Å². The van der Waals surface area contributed by atoms with E-state index in [2.05, 4.69) is 10.4 Å². The molecule has 3 N–H and O–H groups in total. The van der Waals surface area contributed by atoms with Gasteiger partial charge in [-0.2, -0.15) is 0 Å². The molecular formula is C14H12N4O3. The largest absolute Gasteiger partial charge is 0.421 e. The fraction of sp³-hybridized carbons (Fsp3) is 0.0714. The summed E-state index contributed by atoms with van der Waals surface area (Å²) in [5.41, 5.74) is 4.16.